The van der Waals surface area contributed by atoms with Gasteiger partial charge in [-0.25, -0.2) is 4.39 Å². The highest BCUT2D eigenvalue weighted by atomic mass is 32.2. The molecule has 1 fully saturated rings. The molecule has 0 aliphatic carbocycles. The monoisotopic (exact) mass is 463 g/mol. The van der Waals surface area contributed by atoms with Crippen LogP contribution in [0.5, 0.6) is 5.75 Å². The van der Waals surface area contributed by atoms with Gasteiger partial charge in [-0.05, 0) is 65.9 Å². The van der Waals surface area contributed by atoms with Crippen molar-refractivity contribution in [2.75, 3.05) is 0 Å². The molecule has 10 heteroatoms. The Morgan fingerprint density at radius 1 is 0.969 bits per heavy atom. The average molecular weight is 463 g/mol. The van der Waals surface area contributed by atoms with Gasteiger partial charge in [0.1, 0.15) is 23.1 Å². The normalized spacial score (nSPS) is 15.6. The predicted molar refractivity (Wildman–Crippen MR) is 109 cm³/mol. The third-order valence-corrected chi connectivity index (χ3v) is 5.31. The summed E-state index contributed by atoms with van der Waals surface area (Å²) in [6.07, 6.45) is -3.36. The summed E-state index contributed by atoms with van der Waals surface area (Å²) in [5, 5.41) is -0.461. The zero-order chi connectivity index (χ0) is 22.9. The van der Waals surface area contributed by atoms with Gasteiger partial charge >= 0.3 is 6.36 Å². The van der Waals surface area contributed by atoms with Crippen LogP contribution in [-0.4, -0.2) is 22.4 Å². The summed E-state index contributed by atoms with van der Waals surface area (Å²) >= 11 is 0.753. The summed E-state index contributed by atoms with van der Waals surface area (Å²) in [5.74, 6) is -0.624. The molecule has 0 N–H and O–H groups in total. The van der Waals surface area contributed by atoms with Crippen LogP contribution < -0.4 is 4.74 Å². The van der Waals surface area contributed by atoms with Crippen LogP contribution in [0.25, 0.3) is 17.4 Å². The number of carbonyl (C=O) groups is 2. The minimum atomic E-state index is -4.78. The fraction of sp³-hybridized carbons (Fsp3) is 0.0909. The molecule has 2 amide bonds. The quantitative estimate of drug-likeness (QED) is 0.332. The van der Waals surface area contributed by atoms with Crippen molar-refractivity contribution < 1.29 is 36.3 Å². The summed E-state index contributed by atoms with van der Waals surface area (Å²) in [6, 6.07) is 13.8. The van der Waals surface area contributed by atoms with E-state index in [1.807, 2.05) is 0 Å². The Labute approximate surface area is 183 Å². The van der Waals surface area contributed by atoms with E-state index in [1.165, 1.54) is 42.5 Å². The van der Waals surface area contributed by atoms with Gasteiger partial charge in [0.05, 0.1) is 11.4 Å². The number of nitrogens with zero attached hydrogens (tertiary/aromatic N) is 1. The molecule has 32 heavy (non-hydrogen) atoms. The number of hydrogen-bond donors (Lipinski definition) is 0. The van der Waals surface area contributed by atoms with Crippen molar-refractivity contribution in [2.45, 2.75) is 12.9 Å². The van der Waals surface area contributed by atoms with Crippen molar-refractivity contribution in [3.05, 3.63) is 82.7 Å². The Morgan fingerprint density at radius 2 is 1.66 bits per heavy atom. The fourth-order valence-electron chi connectivity index (χ4n) is 2.94. The number of amides is 2. The van der Waals surface area contributed by atoms with E-state index >= 15 is 0 Å². The first-order chi connectivity index (χ1) is 15.2. The lowest BCUT2D eigenvalue weighted by molar-refractivity contribution is -0.274. The highest BCUT2D eigenvalue weighted by Crippen LogP contribution is 2.34. The van der Waals surface area contributed by atoms with Gasteiger partial charge in [-0.2, -0.15) is 0 Å². The highest BCUT2D eigenvalue weighted by molar-refractivity contribution is 8.18. The summed E-state index contributed by atoms with van der Waals surface area (Å²) in [5.41, 5.74) is 1.11. The maximum atomic E-state index is 13.0. The molecular weight excluding hydrogens is 450 g/mol. The SMILES string of the molecule is O=C1S/C(=C\c2ccc(-c3ccc(OC(F)(F)F)cc3)o2)C(=O)N1Cc1ccc(F)cc1. The zero-order valence-electron chi connectivity index (χ0n) is 16.1. The summed E-state index contributed by atoms with van der Waals surface area (Å²) < 4.78 is 59.3. The summed E-state index contributed by atoms with van der Waals surface area (Å²) in [7, 11) is 0. The molecule has 1 aliphatic heterocycles. The number of hydrogen-bond acceptors (Lipinski definition) is 5. The maximum Gasteiger partial charge on any atom is 0.573 e. The van der Waals surface area contributed by atoms with Gasteiger partial charge in [-0.15, -0.1) is 13.2 Å². The van der Waals surface area contributed by atoms with Crippen molar-refractivity contribution >= 4 is 29.0 Å². The molecule has 3 aromatic rings. The third kappa shape index (κ3) is 5.02. The van der Waals surface area contributed by atoms with Crippen LogP contribution in [-0.2, 0) is 11.3 Å². The van der Waals surface area contributed by atoms with Crippen LogP contribution in [0.3, 0.4) is 0 Å². The van der Waals surface area contributed by atoms with Gasteiger partial charge in [0.2, 0.25) is 0 Å². The summed E-state index contributed by atoms with van der Waals surface area (Å²) in [6.45, 7) is 0.0119. The Kier molecular flexibility index (Phi) is 5.79. The Hall–Kier alpha value is -3.53. The molecule has 164 valence electrons. The molecule has 1 aliphatic rings. The largest absolute Gasteiger partial charge is 0.573 e. The van der Waals surface area contributed by atoms with E-state index in [9.17, 15) is 27.2 Å². The molecular formula is C22H13F4NO4S. The van der Waals surface area contributed by atoms with Gasteiger partial charge < -0.3 is 9.15 Å². The van der Waals surface area contributed by atoms with Crippen molar-refractivity contribution in [2.24, 2.45) is 0 Å². The van der Waals surface area contributed by atoms with E-state index in [0.717, 1.165) is 28.8 Å². The zero-order valence-corrected chi connectivity index (χ0v) is 16.9. The summed E-state index contributed by atoms with van der Waals surface area (Å²) in [4.78, 5) is 26.1. The number of carbonyl (C=O) groups excluding carboxylic acids is 2. The number of halogens is 4. The molecule has 0 radical (unpaired) electrons. The molecule has 1 saturated heterocycles. The van der Waals surface area contributed by atoms with Crippen LogP contribution in [0, 0.1) is 5.82 Å². The third-order valence-electron chi connectivity index (χ3n) is 4.40. The number of benzene rings is 2. The number of ether oxygens (including phenoxy) is 1. The minimum Gasteiger partial charge on any atom is -0.457 e. The number of imide groups is 1. The molecule has 0 spiro atoms. The van der Waals surface area contributed by atoms with Crippen LogP contribution in [0.1, 0.15) is 11.3 Å². The van der Waals surface area contributed by atoms with Gasteiger partial charge in [0.15, 0.2) is 0 Å². The lowest BCUT2D eigenvalue weighted by atomic mass is 10.2. The molecule has 1 aromatic heterocycles. The molecule has 4 rings (SSSR count). The molecule has 0 unspecified atom stereocenters. The molecule has 0 bridgehead atoms. The van der Waals surface area contributed by atoms with Gasteiger partial charge in [0, 0.05) is 11.6 Å². The number of furan rings is 1. The topological polar surface area (TPSA) is 59.8 Å². The number of rotatable bonds is 5. The molecule has 5 nitrogen and oxygen atoms in total. The van der Waals surface area contributed by atoms with E-state index < -0.39 is 23.3 Å². The first kappa shape index (κ1) is 21.7. The van der Waals surface area contributed by atoms with E-state index in [0.29, 0.717) is 22.6 Å². The highest BCUT2D eigenvalue weighted by Gasteiger charge is 2.35. The van der Waals surface area contributed by atoms with Crippen molar-refractivity contribution in [1.29, 1.82) is 0 Å². The van der Waals surface area contributed by atoms with E-state index in [4.69, 9.17) is 4.42 Å². The maximum absolute atomic E-state index is 13.0. The van der Waals surface area contributed by atoms with E-state index in [-0.39, 0.29) is 17.2 Å². The van der Waals surface area contributed by atoms with Crippen LogP contribution in [0.4, 0.5) is 22.4 Å². The van der Waals surface area contributed by atoms with Gasteiger partial charge in [-0.3, -0.25) is 14.5 Å². The lowest BCUT2D eigenvalue weighted by Gasteiger charge is -2.12. The smallest absolute Gasteiger partial charge is 0.457 e. The van der Waals surface area contributed by atoms with Crippen LogP contribution >= 0.6 is 11.8 Å². The number of alkyl halides is 3. The minimum absolute atomic E-state index is 0.0119. The first-order valence-electron chi connectivity index (χ1n) is 9.14. The predicted octanol–water partition coefficient (Wildman–Crippen LogP) is 6.22. The van der Waals surface area contributed by atoms with Crippen LogP contribution in [0.15, 0.2) is 70.0 Å². The standard InChI is InChI=1S/C22H13F4NO4S/c23-15-5-1-13(2-6-15)12-27-20(28)19(32-21(27)29)11-17-9-10-18(30-17)14-3-7-16(8-4-14)31-22(24,25)26/h1-11H,12H2/b19-11-. The second kappa shape index (κ2) is 8.54. The average Bonchev–Trinajstić information content (AvgIpc) is 3.29. The fourth-order valence-corrected chi connectivity index (χ4v) is 3.76. The second-order valence-corrected chi connectivity index (χ2v) is 7.66. The lowest BCUT2D eigenvalue weighted by Crippen LogP contribution is -2.27. The Balaban J connectivity index is 1.47. The molecule has 0 saturated carbocycles. The Morgan fingerprint density at radius 3 is 2.31 bits per heavy atom. The van der Waals surface area contributed by atoms with Gasteiger partial charge in [0.25, 0.3) is 11.1 Å². The number of thioether (sulfide) groups is 1. The van der Waals surface area contributed by atoms with Gasteiger partial charge in [-0.1, -0.05) is 12.1 Å². The van der Waals surface area contributed by atoms with E-state index in [2.05, 4.69) is 4.74 Å². The molecule has 0 atom stereocenters. The van der Waals surface area contributed by atoms with Crippen LogP contribution in [0.2, 0.25) is 0 Å². The van der Waals surface area contributed by atoms with E-state index in [1.54, 1.807) is 12.1 Å². The van der Waals surface area contributed by atoms with Crippen molar-refractivity contribution in [3.63, 3.8) is 0 Å². The second-order valence-electron chi connectivity index (χ2n) is 6.67. The molecule has 2 aromatic carbocycles. The molecule has 2 heterocycles. The van der Waals surface area contributed by atoms with Crippen molar-refractivity contribution in [3.8, 4) is 17.1 Å². The van der Waals surface area contributed by atoms with Crippen molar-refractivity contribution in [1.82, 2.24) is 4.90 Å². The Bertz CT molecular complexity index is 1180. The first-order valence-corrected chi connectivity index (χ1v) is 9.95.